The Hall–Kier alpha value is -4.36. The fourth-order valence-electron chi connectivity index (χ4n) is 4.54. The number of aromatic nitrogens is 1. The number of carbonyl (C=O) groups excluding carboxylic acids is 2. The summed E-state index contributed by atoms with van der Waals surface area (Å²) in [5.41, 5.74) is 1.17. The molecule has 1 N–H and O–H groups in total. The van der Waals surface area contributed by atoms with Crippen LogP contribution in [0.3, 0.4) is 0 Å². The molecule has 8 heteroatoms. The highest BCUT2D eigenvalue weighted by atomic mass is 35.5. The Bertz CT molecular complexity index is 1530. The third-order valence-corrected chi connectivity index (χ3v) is 6.50. The van der Waals surface area contributed by atoms with Crippen LogP contribution in [0.15, 0.2) is 84.7 Å². The van der Waals surface area contributed by atoms with Crippen molar-refractivity contribution < 1.29 is 24.2 Å². The zero-order chi connectivity index (χ0) is 25.4. The summed E-state index contributed by atoms with van der Waals surface area (Å²) in [6, 6.07) is 18.6. The number of aliphatic hydroxyl groups is 1. The predicted octanol–water partition coefficient (Wildman–Crippen LogP) is 5.53. The molecule has 1 aliphatic heterocycles. The monoisotopic (exact) mass is 500 g/mol. The Balaban J connectivity index is 1.79. The molecule has 0 bridgehead atoms. The Morgan fingerprint density at radius 3 is 2.44 bits per heavy atom. The second-order valence-electron chi connectivity index (χ2n) is 8.14. The third kappa shape index (κ3) is 3.74. The van der Waals surface area contributed by atoms with Gasteiger partial charge in [0.25, 0.3) is 11.7 Å². The number of nitrogens with zero attached hydrogens (tertiary/aromatic N) is 2. The normalized spacial score (nSPS) is 17.0. The smallest absolute Gasteiger partial charge is 0.300 e. The summed E-state index contributed by atoms with van der Waals surface area (Å²) in [4.78, 5) is 32.6. The van der Waals surface area contributed by atoms with Crippen LogP contribution in [-0.2, 0) is 9.59 Å². The molecule has 4 aromatic rings. The maximum atomic E-state index is 13.5. The Morgan fingerprint density at radius 2 is 1.72 bits per heavy atom. The van der Waals surface area contributed by atoms with Crippen LogP contribution < -0.4 is 14.4 Å². The van der Waals surface area contributed by atoms with Crippen LogP contribution in [0.4, 0.5) is 5.69 Å². The fourth-order valence-corrected chi connectivity index (χ4v) is 4.78. The van der Waals surface area contributed by atoms with E-state index in [0.717, 1.165) is 10.8 Å². The minimum absolute atomic E-state index is 0.0968. The molecule has 3 aromatic carbocycles. The maximum Gasteiger partial charge on any atom is 0.300 e. The van der Waals surface area contributed by atoms with Crippen molar-refractivity contribution in [3.05, 3.63) is 101 Å². The number of hydrogen-bond donors (Lipinski definition) is 1. The van der Waals surface area contributed by atoms with Crippen molar-refractivity contribution in [3.8, 4) is 11.5 Å². The van der Waals surface area contributed by atoms with Gasteiger partial charge in [0, 0.05) is 23.8 Å². The van der Waals surface area contributed by atoms with Crippen molar-refractivity contribution in [3.63, 3.8) is 0 Å². The standard InChI is InChI=1S/C28H21ClN2O5/c1-35-22-14-23(36-2)20(29)13-19(22)26(32)24-25(17-9-6-12-30-15-17)31(28(34)27(24)33)21-11-5-8-16-7-3-4-10-18(16)21/h3-15,25,32H,1-2H3/b26-24+. The number of methoxy groups -OCH3 is 2. The van der Waals surface area contributed by atoms with E-state index in [1.165, 1.54) is 31.3 Å². The van der Waals surface area contributed by atoms with Crippen LogP contribution in [0.5, 0.6) is 11.5 Å². The highest BCUT2D eigenvalue weighted by Gasteiger charge is 2.47. The minimum Gasteiger partial charge on any atom is -0.507 e. The summed E-state index contributed by atoms with van der Waals surface area (Å²) < 4.78 is 10.7. The highest BCUT2D eigenvalue weighted by Crippen LogP contribution is 2.45. The lowest BCUT2D eigenvalue weighted by atomic mass is 9.95. The van der Waals surface area contributed by atoms with Gasteiger partial charge in [-0.05, 0) is 29.1 Å². The number of rotatable bonds is 5. The van der Waals surface area contributed by atoms with Crippen LogP contribution in [-0.4, -0.2) is 36.0 Å². The lowest BCUT2D eigenvalue weighted by Gasteiger charge is -2.26. The second-order valence-corrected chi connectivity index (χ2v) is 8.55. The summed E-state index contributed by atoms with van der Waals surface area (Å²) in [6.07, 6.45) is 3.17. The second kappa shape index (κ2) is 9.36. The molecule has 0 saturated carbocycles. The molecule has 1 amide bonds. The van der Waals surface area contributed by atoms with Crippen LogP contribution in [0.2, 0.25) is 5.02 Å². The van der Waals surface area contributed by atoms with E-state index in [-0.39, 0.29) is 21.9 Å². The van der Waals surface area contributed by atoms with Crippen LogP contribution in [0, 0.1) is 0 Å². The number of aliphatic hydroxyl groups excluding tert-OH is 1. The average Bonchev–Trinajstić information content (AvgIpc) is 3.18. The lowest BCUT2D eigenvalue weighted by Crippen LogP contribution is -2.29. The van der Waals surface area contributed by atoms with E-state index in [1.54, 1.807) is 30.6 Å². The zero-order valence-corrected chi connectivity index (χ0v) is 20.2. The largest absolute Gasteiger partial charge is 0.507 e. The van der Waals surface area contributed by atoms with E-state index >= 15 is 0 Å². The predicted molar refractivity (Wildman–Crippen MR) is 138 cm³/mol. The number of pyridine rings is 1. The molecular formula is C28H21ClN2O5. The molecule has 2 heterocycles. The number of amides is 1. The number of anilines is 1. The van der Waals surface area contributed by atoms with Crippen molar-refractivity contribution in [2.45, 2.75) is 6.04 Å². The van der Waals surface area contributed by atoms with Gasteiger partial charge < -0.3 is 14.6 Å². The first-order valence-electron chi connectivity index (χ1n) is 11.1. The van der Waals surface area contributed by atoms with Gasteiger partial charge in [-0.15, -0.1) is 0 Å². The van der Waals surface area contributed by atoms with Gasteiger partial charge in [0.2, 0.25) is 0 Å². The molecule has 0 aliphatic carbocycles. The Labute approximate surface area is 212 Å². The molecule has 180 valence electrons. The van der Waals surface area contributed by atoms with Crippen molar-refractivity contribution >= 4 is 45.5 Å². The van der Waals surface area contributed by atoms with E-state index in [2.05, 4.69) is 4.98 Å². The van der Waals surface area contributed by atoms with E-state index in [4.69, 9.17) is 21.1 Å². The number of ether oxygens (including phenoxy) is 2. The molecule has 1 aromatic heterocycles. The average molecular weight is 501 g/mol. The fraction of sp³-hybridized carbons (Fsp3) is 0.107. The zero-order valence-electron chi connectivity index (χ0n) is 19.4. The first kappa shape index (κ1) is 23.4. The minimum atomic E-state index is -0.935. The maximum absolute atomic E-state index is 13.5. The van der Waals surface area contributed by atoms with Gasteiger partial charge in [-0.25, -0.2) is 0 Å². The molecule has 1 saturated heterocycles. The molecular weight excluding hydrogens is 480 g/mol. The van der Waals surface area contributed by atoms with Crippen molar-refractivity contribution in [1.29, 1.82) is 0 Å². The molecule has 1 fully saturated rings. The van der Waals surface area contributed by atoms with Gasteiger partial charge in [-0.2, -0.15) is 0 Å². The summed E-state index contributed by atoms with van der Waals surface area (Å²) in [7, 11) is 2.88. The topological polar surface area (TPSA) is 89.0 Å². The first-order valence-corrected chi connectivity index (χ1v) is 11.4. The number of ketones is 1. The van der Waals surface area contributed by atoms with Gasteiger partial charge in [-0.1, -0.05) is 54.1 Å². The quantitative estimate of drug-likeness (QED) is 0.220. The molecule has 1 unspecified atom stereocenters. The van der Waals surface area contributed by atoms with Gasteiger partial charge in [0.1, 0.15) is 17.3 Å². The number of fused-ring (bicyclic) bond motifs is 1. The van der Waals surface area contributed by atoms with Gasteiger partial charge >= 0.3 is 0 Å². The summed E-state index contributed by atoms with van der Waals surface area (Å²) in [6.45, 7) is 0. The van der Waals surface area contributed by atoms with Crippen LogP contribution >= 0.6 is 11.6 Å². The molecule has 0 radical (unpaired) electrons. The van der Waals surface area contributed by atoms with Crippen molar-refractivity contribution in [2.75, 3.05) is 19.1 Å². The molecule has 5 rings (SSSR count). The Morgan fingerprint density at radius 1 is 0.972 bits per heavy atom. The van der Waals surface area contributed by atoms with Gasteiger partial charge in [-0.3, -0.25) is 19.5 Å². The Kier molecular flexibility index (Phi) is 6.08. The third-order valence-electron chi connectivity index (χ3n) is 6.20. The van der Waals surface area contributed by atoms with Crippen molar-refractivity contribution in [2.24, 2.45) is 0 Å². The lowest BCUT2D eigenvalue weighted by molar-refractivity contribution is -0.132. The molecule has 36 heavy (non-hydrogen) atoms. The molecule has 1 aliphatic rings. The van der Waals surface area contributed by atoms with Gasteiger partial charge in [0.05, 0.1) is 42.1 Å². The van der Waals surface area contributed by atoms with Crippen LogP contribution in [0.25, 0.3) is 16.5 Å². The number of benzene rings is 3. The summed E-state index contributed by atoms with van der Waals surface area (Å²) in [5, 5.41) is 13.4. The SMILES string of the molecule is COc1cc(OC)c(/C(O)=C2\C(=O)C(=O)N(c3cccc4ccccc34)C2c2cccnc2)cc1Cl. The van der Waals surface area contributed by atoms with E-state index in [1.807, 2.05) is 36.4 Å². The number of hydrogen-bond acceptors (Lipinski definition) is 6. The first-order chi connectivity index (χ1) is 17.5. The van der Waals surface area contributed by atoms with Gasteiger partial charge in [0.15, 0.2) is 0 Å². The number of Topliss-reactive ketones (excluding diaryl/α,β-unsaturated/α-hetero) is 1. The van der Waals surface area contributed by atoms with E-state index < -0.39 is 23.5 Å². The summed E-state index contributed by atoms with van der Waals surface area (Å²) in [5.74, 6) is -1.44. The summed E-state index contributed by atoms with van der Waals surface area (Å²) >= 11 is 6.33. The van der Waals surface area contributed by atoms with Crippen molar-refractivity contribution in [1.82, 2.24) is 4.98 Å². The van der Waals surface area contributed by atoms with E-state index in [9.17, 15) is 14.7 Å². The van der Waals surface area contributed by atoms with Crippen LogP contribution in [0.1, 0.15) is 17.2 Å². The highest BCUT2D eigenvalue weighted by molar-refractivity contribution is 6.52. The number of halogens is 1. The molecule has 1 atom stereocenters. The molecule has 0 spiro atoms. The molecule has 7 nitrogen and oxygen atoms in total. The number of carbonyl (C=O) groups is 2. The van der Waals surface area contributed by atoms with E-state index in [0.29, 0.717) is 17.0 Å².